The number of amides is 2. The van der Waals surface area contributed by atoms with Crippen LogP contribution in [-0.2, 0) is 12.7 Å². The van der Waals surface area contributed by atoms with Gasteiger partial charge in [-0.1, -0.05) is 30.3 Å². The number of alkyl halides is 3. The molecule has 4 saturated heterocycles. The summed E-state index contributed by atoms with van der Waals surface area (Å²) >= 11 is 0. The van der Waals surface area contributed by atoms with Crippen molar-refractivity contribution in [3.8, 4) is 0 Å². The zero-order valence-electron chi connectivity index (χ0n) is 18.7. The minimum atomic E-state index is -4.50. The maximum absolute atomic E-state index is 12.9. The second kappa shape index (κ2) is 7.83. The van der Waals surface area contributed by atoms with Crippen LogP contribution in [0.3, 0.4) is 0 Å². The van der Waals surface area contributed by atoms with Crippen molar-refractivity contribution in [2.45, 2.75) is 50.1 Å². The molecule has 0 radical (unpaired) electrons. The predicted molar refractivity (Wildman–Crippen MR) is 119 cm³/mol. The highest BCUT2D eigenvalue weighted by atomic mass is 19.4. The number of aromatic nitrogens is 2. The summed E-state index contributed by atoms with van der Waals surface area (Å²) < 4.78 is 38.2. The van der Waals surface area contributed by atoms with E-state index in [-0.39, 0.29) is 24.2 Å². The Morgan fingerprint density at radius 1 is 1.06 bits per heavy atom. The van der Waals surface area contributed by atoms with Crippen molar-refractivity contribution >= 4 is 11.8 Å². The first-order chi connectivity index (χ1) is 16.3. The number of piperazine rings is 1. The van der Waals surface area contributed by atoms with E-state index < -0.39 is 11.9 Å². The Morgan fingerprint density at radius 3 is 2.38 bits per heavy atom. The van der Waals surface area contributed by atoms with Crippen LogP contribution in [-0.4, -0.2) is 70.1 Å². The molecule has 2 atom stereocenters. The molecule has 4 aliphatic heterocycles. The maximum atomic E-state index is 12.9. The monoisotopic (exact) mass is 472 g/mol. The largest absolute Gasteiger partial charge is 0.434 e. The van der Waals surface area contributed by atoms with Gasteiger partial charge in [0.1, 0.15) is 5.82 Å². The molecule has 10 heteroatoms. The molecular formula is C24H27F3N6O. The van der Waals surface area contributed by atoms with Crippen LogP contribution in [0.1, 0.15) is 30.5 Å². The lowest BCUT2D eigenvalue weighted by atomic mass is 9.60. The Labute approximate surface area is 196 Å². The van der Waals surface area contributed by atoms with Gasteiger partial charge in [-0.15, -0.1) is 0 Å². The molecule has 7 rings (SSSR count). The number of hydrogen-bond donors (Lipinski definition) is 1. The Balaban J connectivity index is 0.961. The van der Waals surface area contributed by atoms with Gasteiger partial charge in [0, 0.05) is 38.8 Å². The molecular weight excluding hydrogens is 445 g/mol. The Morgan fingerprint density at radius 2 is 1.76 bits per heavy atom. The Bertz CT molecular complexity index is 1040. The summed E-state index contributed by atoms with van der Waals surface area (Å²) in [6, 6.07) is 10.8. The van der Waals surface area contributed by atoms with E-state index in [1.807, 2.05) is 15.9 Å². The quantitative estimate of drug-likeness (QED) is 0.741. The average molecular weight is 473 g/mol. The van der Waals surface area contributed by atoms with Crippen molar-refractivity contribution in [2.24, 2.45) is 5.41 Å². The van der Waals surface area contributed by atoms with Crippen molar-refractivity contribution in [3.63, 3.8) is 0 Å². The number of carbonyl (C=O) groups excluding carboxylic acids is 1. The van der Waals surface area contributed by atoms with Crippen LogP contribution in [0.5, 0.6) is 0 Å². The van der Waals surface area contributed by atoms with Gasteiger partial charge in [-0.2, -0.15) is 13.2 Å². The lowest BCUT2D eigenvalue weighted by molar-refractivity contribution is -0.141. The van der Waals surface area contributed by atoms with Crippen molar-refractivity contribution < 1.29 is 18.0 Å². The molecule has 7 nitrogen and oxygen atoms in total. The number of nitrogens with one attached hydrogen (secondary N) is 1. The number of anilines is 1. The Kier molecular flexibility index (Phi) is 4.98. The van der Waals surface area contributed by atoms with Crippen molar-refractivity contribution in [1.82, 2.24) is 25.1 Å². The van der Waals surface area contributed by atoms with E-state index in [0.29, 0.717) is 24.3 Å². The minimum Gasteiger partial charge on any atom is -0.351 e. The fraction of sp³-hybridized carbons (Fsp3) is 0.542. The van der Waals surface area contributed by atoms with Crippen LogP contribution in [0.15, 0.2) is 42.7 Å². The normalized spacial score (nSPS) is 26.0. The average Bonchev–Trinajstić information content (AvgIpc) is 2.76. The lowest BCUT2D eigenvalue weighted by Gasteiger charge is -2.60. The first-order valence-corrected chi connectivity index (χ1v) is 11.8. The first kappa shape index (κ1) is 21.6. The van der Waals surface area contributed by atoms with Gasteiger partial charge in [-0.3, -0.25) is 4.90 Å². The lowest BCUT2D eigenvalue weighted by Crippen LogP contribution is -2.73. The second-order valence-electron chi connectivity index (χ2n) is 10.3. The fourth-order valence-electron chi connectivity index (χ4n) is 6.21. The molecule has 2 amide bonds. The molecule has 5 heterocycles. The summed E-state index contributed by atoms with van der Waals surface area (Å²) in [5.41, 5.74) is 0.699. The Hall–Kier alpha value is -2.88. The van der Waals surface area contributed by atoms with Crippen LogP contribution in [0.2, 0.25) is 0 Å². The van der Waals surface area contributed by atoms with E-state index in [1.165, 1.54) is 11.8 Å². The summed E-state index contributed by atoms with van der Waals surface area (Å²) in [6.07, 6.45) is 0.422. The summed E-state index contributed by atoms with van der Waals surface area (Å²) in [5.74, 6) is 0.425. The van der Waals surface area contributed by atoms with E-state index in [9.17, 15) is 18.0 Å². The van der Waals surface area contributed by atoms with E-state index in [0.717, 1.165) is 45.1 Å². The van der Waals surface area contributed by atoms with Gasteiger partial charge in [0.05, 0.1) is 24.5 Å². The summed E-state index contributed by atoms with van der Waals surface area (Å²) in [6.45, 7) is 4.29. The topological polar surface area (TPSA) is 64.6 Å². The smallest absolute Gasteiger partial charge is 0.351 e. The highest BCUT2D eigenvalue weighted by molar-refractivity contribution is 5.77. The van der Waals surface area contributed by atoms with E-state index in [2.05, 4.69) is 44.5 Å². The molecule has 1 N–H and O–H groups in total. The van der Waals surface area contributed by atoms with E-state index in [4.69, 9.17) is 0 Å². The van der Waals surface area contributed by atoms with Crippen LogP contribution >= 0.6 is 0 Å². The second-order valence-corrected chi connectivity index (χ2v) is 10.3. The van der Waals surface area contributed by atoms with Crippen molar-refractivity contribution in [3.05, 3.63) is 54.0 Å². The fourth-order valence-corrected chi connectivity index (χ4v) is 6.21. The number of piperidine rings is 1. The zero-order valence-corrected chi connectivity index (χ0v) is 18.7. The van der Waals surface area contributed by atoms with Crippen molar-refractivity contribution in [2.75, 3.05) is 31.1 Å². The molecule has 1 aliphatic carbocycles. The maximum Gasteiger partial charge on any atom is 0.434 e. The third-order valence-electron chi connectivity index (χ3n) is 7.73. The summed E-state index contributed by atoms with van der Waals surface area (Å²) in [4.78, 5) is 26.6. The zero-order chi connectivity index (χ0) is 23.5. The highest BCUT2D eigenvalue weighted by Gasteiger charge is 2.54. The van der Waals surface area contributed by atoms with Gasteiger partial charge >= 0.3 is 12.2 Å². The number of rotatable bonds is 4. The minimum absolute atomic E-state index is 0.0141. The number of carbonyl (C=O) groups is 1. The molecule has 1 aromatic heterocycles. The molecule has 34 heavy (non-hydrogen) atoms. The van der Waals surface area contributed by atoms with Gasteiger partial charge in [0.25, 0.3) is 0 Å². The molecule has 2 unspecified atom stereocenters. The molecule has 1 spiro atoms. The molecule has 1 saturated carbocycles. The number of nitrogens with zero attached hydrogens (tertiary/aromatic N) is 5. The first-order valence-electron chi connectivity index (χ1n) is 11.8. The molecule has 5 fully saturated rings. The number of hydrogen-bond acceptors (Lipinski definition) is 5. The third kappa shape index (κ3) is 3.87. The molecule has 180 valence electrons. The number of fused-ring (bicyclic) bond motifs is 2. The van der Waals surface area contributed by atoms with Crippen molar-refractivity contribution in [1.29, 1.82) is 0 Å². The third-order valence-corrected chi connectivity index (χ3v) is 7.73. The SMILES string of the molecule is O=C(NC1CC2(C1)CN(Cc1ccccc1)C2)N1C2CC1CN(c1cnc(C(F)(F)F)cn1)C2. The van der Waals surface area contributed by atoms with Gasteiger partial charge in [0.2, 0.25) is 0 Å². The molecule has 2 bridgehead atoms. The predicted octanol–water partition coefficient (Wildman–Crippen LogP) is 3.13. The van der Waals surface area contributed by atoms with Crippen LogP contribution in [0, 0.1) is 5.41 Å². The van der Waals surface area contributed by atoms with Crippen LogP contribution < -0.4 is 10.2 Å². The van der Waals surface area contributed by atoms with Gasteiger partial charge in [0.15, 0.2) is 5.69 Å². The van der Waals surface area contributed by atoms with Crippen LogP contribution in [0.25, 0.3) is 0 Å². The number of benzene rings is 1. The standard InChI is InChI=1S/C24H27F3N6O/c25-24(26,27)20-9-29-21(10-28-20)32-12-18-6-19(13-32)33(18)22(34)30-17-7-23(8-17)14-31(15-23)11-16-4-2-1-3-5-16/h1-5,9-10,17-19H,6-8,11-15H2,(H,30,34). The molecule has 5 aliphatic rings. The van der Waals surface area contributed by atoms with Gasteiger partial charge in [-0.25, -0.2) is 14.8 Å². The number of urea groups is 1. The van der Waals surface area contributed by atoms with E-state index in [1.54, 1.807) is 0 Å². The van der Waals surface area contributed by atoms with E-state index >= 15 is 0 Å². The van der Waals surface area contributed by atoms with Gasteiger partial charge in [-0.05, 0) is 30.2 Å². The summed E-state index contributed by atoms with van der Waals surface area (Å²) in [5, 5.41) is 3.21. The summed E-state index contributed by atoms with van der Waals surface area (Å²) in [7, 11) is 0. The highest BCUT2D eigenvalue weighted by Crippen LogP contribution is 2.49. The van der Waals surface area contributed by atoms with Gasteiger partial charge < -0.3 is 15.1 Å². The molecule has 2 aromatic rings. The number of halogens is 3. The molecule has 1 aromatic carbocycles. The van der Waals surface area contributed by atoms with Crippen LogP contribution in [0.4, 0.5) is 23.8 Å². The number of likely N-dealkylation sites (tertiary alicyclic amines) is 1.